The number of nitrogen functional groups attached to an aromatic ring is 2. The minimum atomic E-state index is -5.12. The first-order chi connectivity index (χ1) is 21.8. The summed E-state index contributed by atoms with van der Waals surface area (Å²) in [6.07, 6.45) is -7.79. The molecular formula is C22H25N9O13P2. The number of aliphatic hydroxyl groups excluding tert-OH is 2. The van der Waals surface area contributed by atoms with Gasteiger partial charge in [0.1, 0.15) is 54.6 Å². The quantitative estimate of drug-likeness (QED) is 0.117. The average molecular weight is 685 g/mol. The Hall–Kier alpha value is -3.50. The third kappa shape index (κ3) is 5.47. The highest BCUT2D eigenvalue weighted by atomic mass is 31.2. The van der Waals surface area contributed by atoms with Gasteiger partial charge in [0.2, 0.25) is 5.95 Å². The van der Waals surface area contributed by atoms with Gasteiger partial charge in [-0.05, 0) is 0 Å². The number of pyridine rings is 1. The van der Waals surface area contributed by atoms with Gasteiger partial charge in [0.15, 0.2) is 17.7 Å². The van der Waals surface area contributed by atoms with Gasteiger partial charge in [0.25, 0.3) is 5.56 Å². The first kappa shape index (κ1) is 31.1. The maximum absolute atomic E-state index is 13.3. The fourth-order valence-electron chi connectivity index (χ4n) is 5.52. The van der Waals surface area contributed by atoms with Gasteiger partial charge in [-0.25, -0.2) is 29.1 Å². The monoisotopic (exact) mass is 685 g/mol. The van der Waals surface area contributed by atoms with E-state index in [1.165, 1.54) is 23.3 Å². The molecule has 0 spiro atoms. The number of nitrogens with two attached hydrogens (primary N) is 2. The fourth-order valence-corrected chi connectivity index (χ4v) is 7.42. The zero-order chi connectivity index (χ0) is 32.5. The Labute approximate surface area is 255 Å². The van der Waals surface area contributed by atoms with Crippen molar-refractivity contribution in [2.45, 2.75) is 49.0 Å². The number of fused-ring (bicyclic) bond motifs is 5. The number of anilines is 2. The number of rotatable bonds is 2. The highest BCUT2D eigenvalue weighted by Gasteiger charge is 2.53. The van der Waals surface area contributed by atoms with E-state index in [2.05, 4.69) is 29.9 Å². The van der Waals surface area contributed by atoms with E-state index in [1.807, 2.05) is 0 Å². The zero-order valence-corrected chi connectivity index (χ0v) is 24.8. The molecule has 0 radical (unpaired) electrons. The molecule has 0 aromatic carbocycles. The average Bonchev–Trinajstić information content (AvgIpc) is 3.65. The van der Waals surface area contributed by atoms with Crippen molar-refractivity contribution in [2.75, 3.05) is 24.7 Å². The summed E-state index contributed by atoms with van der Waals surface area (Å²) in [6.45, 7) is -1.65. The molecule has 246 valence electrons. The molecule has 24 heteroatoms. The highest BCUT2D eigenvalue weighted by Crippen LogP contribution is 2.54. The Morgan fingerprint density at radius 3 is 2.39 bits per heavy atom. The summed E-state index contributed by atoms with van der Waals surface area (Å²) < 4.78 is 60.3. The maximum atomic E-state index is 13.3. The van der Waals surface area contributed by atoms with E-state index in [1.54, 1.807) is 0 Å². The van der Waals surface area contributed by atoms with Crippen LogP contribution in [0.2, 0.25) is 0 Å². The molecule has 0 amide bonds. The molecule has 7 rings (SSSR count). The molecule has 2 bridgehead atoms. The normalized spacial score (nSPS) is 37.0. The lowest BCUT2D eigenvalue weighted by atomic mass is 10.0. The van der Waals surface area contributed by atoms with Crippen molar-refractivity contribution in [3.63, 3.8) is 0 Å². The summed E-state index contributed by atoms with van der Waals surface area (Å²) in [5.41, 5.74) is 11.2. The van der Waals surface area contributed by atoms with Gasteiger partial charge in [-0.1, -0.05) is 0 Å². The largest absolute Gasteiger partial charge is 0.472 e. The lowest BCUT2D eigenvalue weighted by molar-refractivity contribution is -0.0569. The Bertz CT molecular complexity index is 1980. The molecule has 4 aromatic rings. The Kier molecular flexibility index (Phi) is 7.67. The van der Waals surface area contributed by atoms with Gasteiger partial charge >= 0.3 is 15.6 Å². The molecule has 0 saturated carbocycles. The summed E-state index contributed by atoms with van der Waals surface area (Å²) in [5.74, 6) is -0.226. The number of hydrogen-bond donors (Lipinski definition) is 7. The first-order valence-electron chi connectivity index (χ1n) is 13.4. The molecule has 7 heterocycles. The van der Waals surface area contributed by atoms with Crippen LogP contribution in [0, 0.1) is 0 Å². The van der Waals surface area contributed by atoms with Crippen molar-refractivity contribution >= 4 is 49.5 Å². The smallest absolute Gasteiger partial charge is 0.387 e. The number of aromatic nitrogens is 7. The molecule has 3 fully saturated rings. The number of aliphatic hydroxyl groups is 2. The number of hydrogen-bond acceptors (Lipinski definition) is 18. The van der Waals surface area contributed by atoms with E-state index < -0.39 is 83.4 Å². The van der Waals surface area contributed by atoms with Crippen molar-refractivity contribution in [3.8, 4) is 0 Å². The summed E-state index contributed by atoms with van der Waals surface area (Å²) in [5, 5.41) is 22.2. The van der Waals surface area contributed by atoms with Crippen molar-refractivity contribution in [1.29, 1.82) is 0 Å². The second kappa shape index (κ2) is 11.3. The molecule has 3 saturated heterocycles. The van der Waals surface area contributed by atoms with Gasteiger partial charge in [0, 0.05) is 18.0 Å². The van der Waals surface area contributed by atoms with Gasteiger partial charge in [-0.2, -0.15) is 0 Å². The fraction of sp³-hybridized carbons (Fsp3) is 0.455. The van der Waals surface area contributed by atoms with Gasteiger partial charge in [0.05, 0.1) is 30.4 Å². The molecule has 3 aliphatic heterocycles. The summed E-state index contributed by atoms with van der Waals surface area (Å²) in [7, 11) is -10.2. The molecule has 3 aliphatic rings. The number of ether oxygens (including phenoxy) is 2. The van der Waals surface area contributed by atoms with E-state index in [0.29, 0.717) is 0 Å². The topological polar surface area (TPSA) is 325 Å². The van der Waals surface area contributed by atoms with E-state index >= 15 is 0 Å². The Morgan fingerprint density at radius 2 is 1.63 bits per heavy atom. The van der Waals surface area contributed by atoms with Crippen LogP contribution in [0.25, 0.3) is 22.1 Å². The zero-order valence-electron chi connectivity index (χ0n) is 23.0. The van der Waals surface area contributed by atoms with Crippen LogP contribution in [0.15, 0.2) is 29.8 Å². The van der Waals surface area contributed by atoms with Crippen LogP contribution in [0.5, 0.6) is 0 Å². The summed E-state index contributed by atoms with van der Waals surface area (Å²) >= 11 is 0. The van der Waals surface area contributed by atoms with Crippen LogP contribution in [0.3, 0.4) is 0 Å². The third-order valence-corrected chi connectivity index (χ3v) is 9.56. The van der Waals surface area contributed by atoms with Gasteiger partial charge in [-0.3, -0.25) is 37.4 Å². The van der Waals surface area contributed by atoms with Crippen LogP contribution in [0.4, 0.5) is 11.8 Å². The van der Waals surface area contributed by atoms with Crippen molar-refractivity contribution in [3.05, 3.63) is 41.0 Å². The van der Waals surface area contributed by atoms with E-state index in [4.69, 9.17) is 39.0 Å². The van der Waals surface area contributed by atoms with Crippen LogP contribution in [0.1, 0.15) is 17.9 Å². The minimum Gasteiger partial charge on any atom is -0.387 e. The molecule has 4 unspecified atom stereocenters. The molecule has 22 nitrogen and oxygen atoms in total. The van der Waals surface area contributed by atoms with Crippen molar-refractivity contribution in [1.82, 2.24) is 34.5 Å². The van der Waals surface area contributed by atoms with Crippen LogP contribution < -0.4 is 17.0 Å². The lowest BCUT2D eigenvalue weighted by Crippen LogP contribution is -2.36. The Balaban J connectivity index is 1.22. The maximum Gasteiger partial charge on any atom is 0.472 e. The van der Waals surface area contributed by atoms with Crippen molar-refractivity contribution in [2.24, 2.45) is 0 Å². The first-order valence-corrected chi connectivity index (χ1v) is 16.4. The molecule has 10 atom stereocenters. The van der Waals surface area contributed by atoms with E-state index in [0.717, 1.165) is 6.33 Å². The lowest BCUT2D eigenvalue weighted by Gasteiger charge is -2.25. The number of imidazole rings is 1. The predicted octanol–water partition coefficient (Wildman–Crippen LogP) is -1.60. The van der Waals surface area contributed by atoms with E-state index in [9.17, 15) is 33.9 Å². The number of nitrogens with one attached hydrogen (secondary N) is 1. The predicted molar refractivity (Wildman–Crippen MR) is 149 cm³/mol. The molecule has 0 aliphatic carbocycles. The van der Waals surface area contributed by atoms with Gasteiger partial charge in [-0.15, -0.1) is 0 Å². The molecule has 9 N–H and O–H groups in total. The van der Waals surface area contributed by atoms with Gasteiger partial charge < -0.3 is 40.9 Å². The second-order valence-corrected chi connectivity index (χ2v) is 13.3. The van der Waals surface area contributed by atoms with Crippen LogP contribution >= 0.6 is 15.6 Å². The number of nitrogens with zero attached hydrogens (tertiary/aromatic N) is 6. The molecule has 4 aromatic heterocycles. The number of phosphoric ester groups is 2. The standard InChI is InChI=1S/C22H25N9O13P2/c23-18-12-19(27-5-26-18)31(6-28-12)21-14(33)16-10(42-21)4-40-46(37,38)44-17-13(32)9(3-39-45(35,36)43-16)41-15(17)7-1-25-2-8-11(7)29-22(24)30-20(8)34/h1-2,5-6,9-10,13-17,21,32-33H,3-4H2,(H,35,36)(H,37,38)(H2,23,26,27)(H3,24,29,30,34)/t9-,10-,13?,14?,15+,16+,17+,21-/m1/s1. The summed E-state index contributed by atoms with van der Waals surface area (Å²) in [6, 6.07) is 0. The second-order valence-electron chi connectivity index (χ2n) is 10.5. The Morgan fingerprint density at radius 1 is 0.913 bits per heavy atom. The van der Waals surface area contributed by atoms with Crippen LogP contribution in [-0.4, -0.2) is 104 Å². The van der Waals surface area contributed by atoms with Crippen LogP contribution in [-0.2, 0) is 36.7 Å². The molecular weight excluding hydrogens is 660 g/mol. The highest BCUT2D eigenvalue weighted by molar-refractivity contribution is 7.47. The number of H-pyrrole nitrogens is 1. The number of aromatic amines is 1. The molecule has 46 heavy (non-hydrogen) atoms. The van der Waals surface area contributed by atoms with Crippen molar-refractivity contribution < 1.29 is 56.7 Å². The number of phosphoric acid groups is 2. The minimum absolute atomic E-state index is 0.0177. The van der Waals surface area contributed by atoms with E-state index in [-0.39, 0.29) is 39.4 Å². The SMILES string of the molecule is Nc1nc2c([C@@H]3O[C@@H]4COP(=O)(O)O[C@@H]5C(O)[C@H](n6cnc7c(N)ncnc76)O[C@@H]5COP(=O)(O)O[C@H]3C4O)cncc2c(=O)[nH]1. The third-order valence-electron chi connectivity index (χ3n) is 7.59. The summed E-state index contributed by atoms with van der Waals surface area (Å²) in [4.78, 5) is 56.3.